The van der Waals surface area contributed by atoms with E-state index in [1.165, 1.54) is 11.1 Å². The van der Waals surface area contributed by atoms with Crippen LogP contribution >= 0.6 is 53.9 Å². The Hall–Kier alpha value is -9.82. The summed E-state index contributed by atoms with van der Waals surface area (Å²) in [6.07, 6.45) is 0. The topological polar surface area (TPSA) is 129 Å². The average molecular weight is 1500 g/mol. The molecule has 492 valence electrons. The van der Waals surface area contributed by atoms with Crippen molar-refractivity contribution in [2.75, 3.05) is 0 Å². The molecule has 3 aliphatic heterocycles. The predicted molar refractivity (Wildman–Crippen MR) is 423 cm³/mol. The quantitative estimate of drug-likeness (QED) is 0.137. The van der Waals surface area contributed by atoms with Crippen LogP contribution in [-0.4, -0.2) is 29.9 Å². The first-order chi connectivity index (χ1) is 48.8. The van der Waals surface area contributed by atoms with Crippen LogP contribution in [0, 0.1) is 0 Å². The van der Waals surface area contributed by atoms with Gasteiger partial charge in [-0.05, 0) is 58.7 Å². The molecule has 0 fully saturated rings. The second-order valence-corrected chi connectivity index (χ2v) is 35.7. The van der Waals surface area contributed by atoms with Gasteiger partial charge in [0.05, 0.1) is 0 Å². The fourth-order valence-electron chi connectivity index (χ4n) is 14.4. The molecule has 0 aliphatic carbocycles. The number of hydrogen-bond donors (Lipinski definition) is 0. The maximum Gasteiger partial charge on any atom is 0.415 e. The van der Waals surface area contributed by atoms with Crippen molar-refractivity contribution < 1.29 is 13.7 Å². The standard InChI is InChI=1S/C51H41N3O2P2.C21H13Br2N3.C15H14OP/c1-50(2)39-18-8-12-22-43(39)57(55,44-23-13-9-19-40(44)50)37-30-26-35(27-31-37)48-52-47(34-16-6-5-7-17-34)53-49(54-48)36-28-32-38(33-29-36)58(56)45-24-14-10-20-41(45)51(3,4)42-21-11-15-25-46(42)58;22-17-10-6-15(7-11-17)20-24-19(14-4-2-1-3-5-14)25-21(26-20)16-8-12-18(23)13-9-16;1-15(2)11-7-3-5-9-13(11)17(16)14-10-6-4-8-12(14)15/h5-33H,1-4H3;1-13H;3-10H,1-2H3/q;;+1. The Kier molecular flexibility index (Phi) is 17.9. The molecular weight excluding hydrogens is 1430 g/mol. The lowest BCUT2D eigenvalue weighted by Crippen LogP contribution is -2.42. The van der Waals surface area contributed by atoms with E-state index in [1.807, 2.05) is 267 Å². The number of nitrogens with zero attached hydrogens (tertiary/aromatic N) is 6. The van der Waals surface area contributed by atoms with E-state index in [4.69, 9.17) is 29.9 Å². The Morgan fingerprint density at radius 2 is 0.465 bits per heavy atom. The summed E-state index contributed by atoms with van der Waals surface area (Å²) in [5.74, 6) is 3.54. The normalized spacial score (nSPS) is 14.8. The molecular formula is C87H68Br2N6O3P3+. The monoisotopic (exact) mass is 1500 g/mol. The van der Waals surface area contributed by atoms with Crippen LogP contribution in [0.15, 0.2) is 312 Å². The molecule has 0 amide bonds. The van der Waals surface area contributed by atoms with Gasteiger partial charge >= 0.3 is 7.80 Å². The molecule has 12 aromatic carbocycles. The minimum absolute atomic E-state index is 0.0591. The van der Waals surface area contributed by atoms with Gasteiger partial charge in [-0.1, -0.05) is 345 Å². The summed E-state index contributed by atoms with van der Waals surface area (Å²) in [4.78, 5) is 29.1. The van der Waals surface area contributed by atoms with Crippen molar-refractivity contribution >= 4 is 96.4 Å². The predicted octanol–water partition coefficient (Wildman–Crippen LogP) is 18.9. The smallest absolute Gasteiger partial charge is 0.309 e. The van der Waals surface area contributed by atoms with Crippen molar-refractivity contribution in [2.45, 2.75) is 57.8 Å². The summed E-state index contributed by atoms with van der Waals surface area (Å²) in [7, 11) is -7.83. The summed E-state index contributed by atoms with van der Waals surface area (Å²) in [6, 6.07) is 100. The van der Waals surface area contributed by atoms with Gasteiger partial charge in [-0.2, -0.15) is 0 Å². The first kappa shape index (κ1) is 67.0. The zero-order valence-electron chi connectivity index (χ0n) is 56.4. The molecule has 14 aromatic rings. The Balaban J connectivity index is 0.000000156. The minimum atomic E-state index is -3.20. The Bertz CT molecular complexity index is 5210. The summed E-state index contributed by atoms with van der Waals surface area (Å²) in [6.45, 7) is 13.2. The van der Waals surface area contributed by atoms with E-state index in [0.717, 1.165) is 107 Å². The van der Waals surface area contributed by atoms with Crippen molar-refractivity contribution in [1.82, 2.24) is 29.9 Å². The van der Waals surface area contributed by atoms with E-state index >= 15 is 9.13 Å². The maximum absolute atomic E-state index is 15.6. The van der Waals surface area contributed by atoms with Crippen molar-refractivity contribution in [3.63, 3.8) is 0 Å². The summed E-state index contributed by atoms with van der Waals surface area (Å²) >= 11 is 6.94. The van der Waals surface area contributed by atoms with Crippen LogP contribution < -0.4 is 42.4 Å². The molecule has 0 radical (unpaired) electrons. The van der Waals surface area contributed by atoms with Gasteiger partial charge in [-0.15, -0.1) is 0 Å². The number of aromatic nitrogens is 6. The van der Waals surface area contributed by atoms with Gasteiger partial charge in [-0.3, -0.25) is 0 Å². The SMILES string of the molecule is Brc1ccc(-c2nc(-c3ccccc3)nc(-c3ccc(Br)cc3)n2)cc1.CC1(C)c2ccccc2P(=O)(c2ccc(-c3nc(-c4ccccc4)nc(-c4ccc(P5(=O)c6ccccc6C(C)(C)c6ccccc65)cc4)n3)cc2)c2ccccc21.CC1(C)c2ccccc2[P+](=O)c2ccccc21. The summed E-state index contributed by atoms with van der Waals surface area (Å²) < 4.78 is 45.7. The van der Waals surface area contributed by atoms with E-state index in [9.17, 15) is 4.57 Å². The molecule has 101 heavy (non-hydrogen) atoms. The highest BCUT2D eigenvalue weighted by atomic mass is 79.9. The molecule has 0 N–H and O–H groups in total. The Morgan fingerprint density at radius 3 is 0.743 bits per heavy atom. The van der Waals surface area contributed by atoms with Gasteiger partial charge in [0.25, 0.3) is 0 Å². The first-order valence-electron chi connectivity index (χ1n) is 33.5. The van der Waals surface area contributed by atoms with E-state index in [0.29, 0.717) is 34.9 Å². The van der Waals surface area contributed by atoms with Crippen molar-refractivity contribution in [3.05, 3.63) is 346 Å². The average Bonchev–Trinajstić information content (AvgIpc) is 0.713. The fraction of sp³-hybridized carbons (Fsp3) is 0.103. The van der Waals surface area contributed by atoms with Crippen LogP contribution in [0.25, 0.3) is 68.3 Å². The molecule has 0 saturated heterocycles. The highest BCUT2D eigenvalue weighted by Crippen LogP contribution is 2.54. The number of fused-ring (bicyclic) bond motifs is 6. The van der Waals surface area contributed by atoms with E-state index in [1.54, 1.807) is 0 Å². The van der Waals surface area contributed by atoms with Gasteiger partial charge in [0, 0.05) is 102 Å². The zero-order chi connectivity index (χ0) is 69.8. The van der Waals surface area contributed by atoms with Crippen molar-refractivity contribution in [2.24, 2.45) is 0 Å². The molecule has 5 heterocycles. The second kappa shape index (κ2) is 26.9. The lowest BCUT2D eigenvalue weighted by molar-refractivity contribution is 0.585. The lowest BCUT2D eigenvalue weighted by Gasteiger charge is -2.39. The van der Waals surface area contributed by atoms with E-state index < -0.39 is 22.1 Å². The van der Waals surface area contributed by atoms with Gasteiger partial charge in [0.15, 0.2) is 59.8 Å². The lowest BCUT2D eigenvalue weighted by atomic mass is 9.78. The van der Waals surface area contributed by atoms with Gasteiger partial charge in [0.1, 0.15) is 0 Å². The molecule has 0 saturated carbocycles. The number of hydrogen-bond acceptors (Lipinski definition) is 9. The molecule has 14 heteroatoms. The molecule has 0 atom stereocenters. The third kappa shape index (κ3) is 12.2. The first-order valence-corrected chi connectivity index (χ1v) is 39.7. The highest BCUT2D eigenvalue weighted by molar-refractivity contribution is 9.10. The molecule has 0 bridgehead atoms. The second-order valence-electron chi connectivity index (χ2n) is 26.9. The van der Waals surface area contributed by atoms with Crippen LogP contribution in [-0.2, 0) is 29.9 Å². The fourth-order valence-corrected chi connectivity index (χ4v) is 23.5. The Labute approximate surface area is 607 Å². The van der Waals surface area contributed by atoms with E-state index in [2.05, 4.69) is 110 Å². The number of benzene rings is 12. The van der Waals surface area contributed by atoms with Crippen LogP contribution in [0.1, 0.15) is 74.9 Å². The third-order valence-electron chi connectivity index (χ3n) is 19.8. The summed E-state index contributed by atoms with van der Waals surface area (Å²) in [5, 5.41) is 7.06. The molecule has 0 spiro atoms. The molecule has 0 unspecified atom stereocenters. The van der Waals surface area contributed by atoms with Gasteiger partial charge in [0.2, 0.25) is 0 Å². The third-order valence-corrected chi connectivity index (χ3v) is 28.8. The largest absolute Gasteiger partial charge is 0.415 e. The zero-order valence-corrected chi connectivity index (χ0v) is 62.2. The summed E-state index contributed by atoms with van der Waals surface area (Å²) in [5.41, 5.74) is 11.4. The van der Waals surface area contributed by atoms with Crippen molar-refractivity contribution in [1.29, 1.82) is 0 Å². The Morgan fingerprint density at radius 1 is 0.257 bits per heavy atom. The molecule has 2 aromatic heterocycles. The van der Waals surface area contributed by atoms with Crippen LogP contribution in [0.4, 0.5) is 0 Å². The molecule has 3 aliphatic rings. The van der Waals surface area contributed by atoms with Gasteiger partial charge < -0.3 is 9.13 Å². The molecule has 9 nitrogen and oxygen atoms in total. The number of rotatable bonds is 8. The molecule has 17 rings (SSSR count). The van der Waals surface area contributed by atoms with Crippen LogP contribution in [0.3, 0.4) is 0 Å². The van der Waals surface area contributed by atoms with Crippen molar-refractivity contribution in [3.8, 4) is 68.3 Å². The van der Waals surface area contributed by atoms with Crippen LogP contribution in [0.2, 0.25) is 0 Å². The van der Waals surface area contributed by atoms with Gasteiger partial charge in [-0.25, -0.2) is 29.9 Å². The minimum Gasteiger partial charge on any atom is -0.309 e. The van der Waals surface area contributed by atoms with Crippen LogP contribution in [0.5, 0.6) is 0 Å². The highest BCUT2D eigenvalue weighted by Gasteiger charge is 2.47. The maximum atomic E-state index is 15.6. The number of halogens is 2. The van der Waals surface area contributed by atoms with E-state index in [-0.39, 0.29) is 16.2 Å².